The number of amides is 1. The van der Waals surface area contributed by atoms with E-state index in [0.717, 1.165) is 50.3 Å². The molecule has 248 valence electrons. The molecule has 0 radical (unpaired) electrons. The van der Waals surface area contributed by atoms with E-state index in [2.05, 4.69) is 56.1 Å². The number of oxazole rings is 1. The molecule has 3 aromatic rings. The summed E-state index contributed by atoms with van der Waals surface area (Å²) < 4.78 is 16.4. The van der Waals surface area contributed by atoms with Gasteiger partial charge in [-0.3, -0.25) is 14.6 Å². The van der Waals surface area contributed by atoms with Crippen molar-refractivity contribution in [1.82, 2.24) is 30.1 Å². The number of hydrogen-bond acceptors (Lipinski definition) is 12. The number of hydrogen-bond donors (Lipinski definition) is 3. The molecule has 3 aliphatic rings. The van der Waals surface area contributed by atoms with E-state index in [4.69, 9.17) is 30.5 Å². The van der Waals surface area contributed by atoms with E-state index >= 15 is 0 Å². The monoisotopic (exact) mass is 654 g/mol. The molecule has 13 nitrogen and oxygen atoms in total. The number of fused-ring (bicyclic) bond motifs is 1. The third-order valence-corrected chi connectivity index (χ3v) is 9.06. The van der Waals surface area contributed by atoms with Crippen LogP contribution in [-0.4, -0.2) is 112 Å². The first-order valence-electron chi connectivity index (χ1n) is 15.8. The van der Waals surface area contributed by atoms with Gasteiger partial charge in [-0.25, -0.2) is 9.97 Å². The maximum Gasteiger partial charge on any atom is 0.270 e. The van der Waals surface area contributed by atoms with Crippen molar-refractivity contribution in [3.63, 3.8) is 0 Å². The van der Waals surface area contributed by atoms with Gasteiger partial charge in [0.2, 0.25) is 5.95 Å². The molecule has 1 amide bonds. The van der Waals surface area contributed by atoms with Crippen molar-refractivity contribution in [2.75, 3.05) is 69.2 Å². The number of anilines is 2. The Morgan fingerprint density at radius 1 is 1.17 bits per heavy atom. The first kappa shape index (κ1) is 32.5. The van der Waals surface area contributed by atoms with E-state index in [1.165, 1.54) is 6.39 Å². The second-order valence-electron chi connectivity index (χ2n) is 13.1. The highest BCUT2D eigenvalue weighted by Crippen LogP contribution is 2.34. The molecule has 1 atom stereocenters. The van der Waals surface area contributed by atoms with E-state index < -0.39 is 6.10 Å². The van der Waals surface area contributed by atoms with Crippen LogP contribution in [0.1, 0.15) is 48.1 Å². The van der Waals surface area contributed by atoms with Crippen molar-refractivity contribution >= 4 is 29.3 Å². The first-order valence-corrected chi connectivity index (χ1v) is 16.2. The lowest BCUT2D eigenvalue weighted by Gasteiger charge is -2.42. The van der Waals surface area contributed by atoms with Gasteiger partial charge in [-0.2, -0.15) is 4.98 Å². The molecule has 46 heavy (non-hydrogen) atoms. The second kappa shape index (κ2) is 14.1. The van der Waals surface area contributed by atoms with Crippen molar-refractivity contribution in [2.24, 2.45) is 0 Å². The van der Waals surface area contributed by atoms with Gasteiger partial charge < -0.3 is 34.5 Å². The van der Waals surface area contributed by atoms with Crippen LogP contribution in [0, 0.1) is 0 Å². The third-order valence-electron chi connectivity index (χ3n) is 8.65. The normalized spacial score (nSPS) is 18.5. The largest absolute Gasteiger partial charge is 0.484 e. The number of benzene rings is 1. The Balaban J connectivity index is 1.03. The lowest BCUT2D eigenvalue weighted by atomic mass is 9.99. The summed E-state index contributed by atoms with van der Waals surface area (Å²) in [4.78, 5) is 33.3. The van der Waals surface area contributed by atoms with Gasteiger partial charge in [0.25, 0.3) is 5.91 Å². The van der Waals surface area contributed by atoms with E-state index in [-0.39, 0.29) is 36.3 Å². The van der Waals surface area contributed by atoms with E-state index in [9.17, 15) is 9.90 Å². The number of aliphatic hydroxyl groups is 1. The van der Waals surface area contributed by atoms with Gasteiger partial charge in [0, 0.05) is 64.0 Å². The van der Waals surface area contributed by atoms with Crippen LogP contribution >= 0.6 is 11.6 Å². The topological polar surface area (TPSA) is 141 Å². The number of piperazine rings is 1. The molecule has 0 unspecified atom stereocenters. The van der Waals surface area contributed by atoms with Crippen LogP contribution in [-0.2, 0) is 24.3 Å². The SMILES string of the molecule is CC(C)(C)N1CCN(c2nc(NC3COC3)cc(C(=O)NC[C@H](O)CN3CCc4c(ccc(OCc5cnco5)c4Cl)C3)n2)CC1. The molecule has 2 fully saturated rings. The minimum absolute atomic E-state index is 0.0921. The fraction of sp³-hybridized carbons (Fsp3) is 0.562. The molecule has 0 bridgehead atoms. The number of aromatic nitrogens is 3. The average Bonchev–Trinajstić information content (AvgIpc) is 3.55. The van der Waals surface area contributed by atoms with Crippen LogP contribution in [0.5, 0.6) is 5.75 Å². The number of rotatable bonds is 11. The number of aliphatic hydroxyl groups excluding tert-OH is 1. The van der Waals surface area contributed by atoms with E-state index in [1.54, 1.807) is 12.3 Å². The van der Waals surface area contributed by atoms with Crippen molar-refractivity contribution in [1.29, 1.82) is 0 Å². The third kappa shape index (κ3) is 7.89. The molecule has 2 saturated heterocycles. The Kier molecular flexibility index (Phi) is 9.95. The number of halogens is 1. The summed E-state index contributed by atoms with van der Waals surface area (Å²) >= 11 is 6.69. The van der Waals surface area contributed by atoms with E-state index in [0.29, 0.717) is 54.6 Å². The summed E-state index contributed by atoms with van der Waals surface area (Å²) in [5, 5.41) is 17.7. The standard InChI is InChI=1S/C32H43ClN8O5/c1-32(2,3)41-10-8-40(9-11-41)31-37-26(12-28(38-31)36-22-17-44-18-22)30(43)35-13-23(42)16-39-7-6-25-21(15-39)4-5-27(29(25)33)45-19-24-14-34-20-46-24/h4-5,12,14,20,22-23,42H,6-11,13,15-19H2,1-3H3,(H,35,43)(H,36,37,38)/t23-/m0/s1. The van der Waals surface area contributed by atoms with Crippen LogP contribution in [0.15, 0.2) is 35.2 Å². The molecule has 6 rings (SSSR count). The molecule has 0 aliphatic carbocycles. The fourth-order valence-corrected chi connectivity index (χ4v) is 6.25. The summed E-state index contributed by atoms with van der Waals surface area (Å²) in [6.45, 7) is 13.3. The van der Waals surface area contributed by atoms with Gasteiger partial charge in [-0.05, 0) is 44.4 Å². The minimum Gasteiger partial charge on any atom is -0.484 e. The number of ether oxygens (including phenoxy) is 2. The quantitative estimate of drug-likeness (QED) is 0.280. The molecule has 2 aromatic heterocycles. The smallest absolute Gasteiger partial charge is 0.270 e. The van der Waals surface area contributed by atoms with Crippen molar-refractivity contribution < 1.29 is 23.8 Å². The molecule has 0 spiro atoms. The molecule has 14 heteroatoms. The van der Waals surface area contributed by atoms with Crippen molar-refractivity contribution in [3.8, 4) is 5.75 Å². The Morgan fingerprint density at radius 3 is 2.67 bits per heavy atom. The predicted octanol–water partition coefficient (Wildman–Crippen LogP) is 2.58. The number of β-amino-alcohol motifs (C(OH)–C–C–N with tert-alkyl or cyclic N) is 1. The summed E-state index contributed by atoms with van der Waals surface area (Å²) in [6, 6.07) is 5.69. The number of carbonyl (C=O) groups is 1. The van der Waals surface area contributed by atoms with Gasteiger partial charge in [0.1, 0.15) is 23.9 Å². The van der Waals surface area contributed by atoms with Crippen LogP contribution in [0.4, 0.5) is 11.8 Å². The molecular formula is C32H43ClN8O5. The zero-order chi connectivity index (χ0) is 32.3. The summed E-state index contributed by atoms with van der Waals surface area (Å²) in [6.07, 6.45) is 2.94. The van der Waals surface area contributed by atoms with Crippen molar-refractivity contribution in [3.05, 3.63) is 58.4 Å². The Bertz CT molecular complexity index is 1490. The van der Waals surface area contributed by atoms with Gasteiger partial charge in [-0.1, -0.05) is 17.7 Å². The highest BCUT2D eigenvalue weighted by molar-refractivity contribution is 6.33. The Labute approximate surface area is 274 Å². The van der Waals surface area contributed by atoms with Gasteiger partial charge in [-0.15, -0.1) is 0 Å². The highest BCUT2D eigenvalue weighted by atomic mass is 35.5. The fourth-order valence-electron chi connectivity index (χ4n) is 5.91. The minimum atomic E-state index is -0.762. The second-order valence-corrected chi connectivity index (χ2v) is 13.5. The molecule has 3 N–H and O–H groups in total. The van der Waals surface area contributed by atoms with Crippen LogP contribution in [0.3, 0.4) is 0 Å². The first-order chi connectivity index (χ1) is 22.1. The highest BCUT2D eigenvalue weighted by Gasteiger charge is 2.29. The summed E-state index contributed by atoms with van der Waals surface area (Å²) in [7, 11) is 0. The van der Waals surface area contributed by atoms with Gasteiger partial charge >= 0.3 is 0 Å². The summed E-state index contributed by atoms with van der Waals surface area (Å²) in [5.41, 5.74) is 2.50. The molecular weight excluding hydrogens is 612 g/mol. The molecule has 5 heterocycles. The summed E-state index contributed by atoms with van der Waals surface area (Å²) in [5.74, 6) is 2.00. The molecule has 0 saturated carbocycles. The Hall–Kier alpha value is -3.49. The zero-order valence-corrected chi connectivity index (χ0v) is 27.4. The zero-order valence-electron chi connectivity index (χ0n) is 26.7. The maximum absolute atomic E-state index is 13.3. The number of nitrogens with one attached hydrogen (secondary N) is 2. The molecule has 3 aliphatic heterocycles. The number of nitrogens with zero attached hydrogens (tertiary/aromatic N) is 6. The predicted molar refractivity (Wildman–Crippen MR) is 173 cm³/mol. The van der Waals surface area contributed by atoms with Crippen LogP contribution < -0.4 is 20.3 Å². The van der Waals surface area contributed by atoms with Crippen molar-refractivity contribution in [2.45, 2.75) is 58.0 Å². The maximum atomic E-state index is 13.3. The Morgan fingerprint density at radius 2 is 1.98 bits per heavy atom. The average molecular weight is 655 g/mol. The van der Waals surface area contributed by atoms with Gasteiger partial charge in [0.15, 0.2) is 12.2 Å². The lowest BCUT2D eigenvalue weighted by Crippen LogP contribution is -2.53. The molecule has 1 aromatic carbocycles. The van der Waals surface area contributed by atoms with Crippen LogP contribution in [0.2, 0.25) is 5.02 Å². The lowest BCUT2D eigenvalue weighted by molar-refractivity contribution is 0.0209. The van der Waals surface area contributed by atoms with Crippen LogP contribution in [0.25, 0.3) is 0 Å². The number of carbonyl (C=O) groups excluding carboxylic acids is 1. The van der Waals surface area contributed by atoms with Gasteiger partial charge in [0.05, 0.1) is 36.6 Å². The van der Waals surface area contributed by atoms with E-state index in [1.807, 2.05) is 12.1 Å².